The van der Waals surface area contributed by atoms with Gasteiger partial charge in [-0.2, -0.15) is 0 Å². The van der Waals surface area contributed by atoms with E-state index in [0.29, 0.717) is 0 Å². The Kier molecular flexibility index (Phi) is 5.50. The van der Waals surface area contributed by atoms with Crippen molar-refractivity contribution >= 4 is 21.9 Å². The van der Waals surface area contributed by atoms with Crippen LogP contribution in [0.4, 0.5) is 0 Å². The highest BCUT2D eigenvalue weighted by Gasteiger charge is 2.23. The van der Waals surface area contributed by atoms with E-state index in [1.54, 1.807) is 6.92 Å². The van der Waals surface area contributed by atoms with Crippen LogP contribution in [0.15, 0.2) is 21.8 Å². The number of hydrogen-bond acceptors (Lipinski definition) is 5. The lowest BCUT2D eigenvalue weighted by molar-refractivity contribution is -0.137. The highest BCUT2D eigenvalue weighted by atomic mass is 32.2. The van der Waals surface area contributed by atoms with Crippen LogP contribution < -0.4 is 5.32 Å². The van der Waals surface area contributed by atoms with Gasteiger partial charge in [0.1, 0.15) is 6.26 Å². The Labute approximate surface area is 122 Å². The van der Waals surface area contributed by atoms with Crippen LogP contribution in [-0.2, 0) is 14.8 Å². The fraction of sp³-hybridized carbons (Fsp3) is 0.500. The van der Waals surface area contributed by atoms with Crippen molar-refractivity contribution in [3.63, 3.8) is 0 Å². The summed E-state index contributed by atoms with van der Waals surface area (Å²) in [5.41, 5.74) is 0.0672. The van der Waals surface area contributed by atoms with E-state index in [4.69, 9.17) is 9.52 Å². The van der Waals surface area contributed by atoms with E-state index in [9.17, 15) is 18.0 Å². The minimum atomic E-state index is -3.73. The molecule has 0 saturated carbocycles. The minimum Gasteiger partial charge on any atom is -0.481 e. The van der Waals surface area contributed by atoms with E-state index in [0.717, 1.165) is 16.6 Å². The number of carboxylic acid groups (broad SMARTS) is 1. The molecule has 8 nitrogen and oxygen atoms in total. The van der Waals surface area contributed by atoms with Gasteiger partial charge in [0.25, 0.3) is 15.9 Å². The number of nitrogens with zero attached hydrogens (tertiary/aromatic N) is 1. The van der Waals surface area contributed by atoms with Gasteiger partial charge in [-0.25, -0.2) is 12.7 Å². The molecule has 1 atom stereocenters. The second kappa shape index (κ2) is 6.72. The first-order valence-corrected chi connectivity index (χ1v) is 7.62. The van der Waals surface area contributed by atoms with Gasteiger partial charge in [0.2, 0.25) is 5.09 Å². The van der Waals surface area contributed by atoms with Crippen LogP contribution in [0.25, 0.3) is 0 Å². The van der Waals surface area contributed by atoms with Crippen molar-refractivity contribution < 1.29 is 27.5 Å². The molecule has 0 saturated heterocycles. The topological polar surface area (TPSA) is 117 Å². The van der Waals surface area contributed by atoms with Gasteiger partial charge < -0.3 is 14.8 Å². The number of amides is 1. The first kappa shape index (κ1) is 17.2. The molecule has 1 rings (SSSR count). The normalized spacial score (nSPS) is 13.1. The number of sulfonamides is 1. The standard InChI is InChI=1S/C12H18N2O6S/c1-8(4-5-10(15)16)13-12(17)9-6-11(20-7-9)21(18,19)14(2)3/h6-8H,4-5H2,1-3H3,(H,13,17)(H,15,16). The Balaban J connectivity index is 2.73. The molecular weight excluding hydrogens is 300 g/mol. The Morgan fingerprint density at radius 2 is 2.05 bits per heavy atom. The molecule has 2 N–H and O–H groups in total. The first-order chi connectivity index (χ1) is 9.64. The lowest BCUT2D eigenvalue weighted by Gasteiger charge is -2.11. The molecule has 1 unspecified atom stereocenters. The summed E-state index contributed by atoms with van der Waals surface area (Å²) in [5, 5.41) is 10.8. The molecule has 1 aromatic heterocycles. The molecule has 1 heterocycles. The van der Waals surface area contributed by atoms with E-state index in [2.05, 4.69) is 5.32 Å². The number of carbonyl (C=O) groups is 2. The van der Waals surface area contributed by atoms with E-state index < -0.39 is 21.9 Å². The monoisotopic (exact) mass is 318 g/mol. The van der Waals surface area contributed by atoms with Gasteiger partial charge in [-0.1, -0.05) is 0 Å². The molecule has 0 aromatic carbocycles. The lowest BCUT2D eigenvalue weighted by Crippen LogP contribution is -2.32. The highest BCUT2D eigenvalue weighted by Crippen LogP contribution is 2.17. The van der Waals surface area contributed by atoms with Crippen molar-refractivity contribution in [1.82, 2.24) is 9.62 Å². The molecule has 9 heteroatoms. The summed E-state index contributed by atoms with van der Waals surface area (Å²) in [6, 6.07) is 0.784. The van der Waals surface area contributed by atoms with Crippen LogP contribution in [-0.4, -0.2) is 49.8 Å². The molecule has 0 fully saturated rings. The molecule has 21 heavy (non-hydrogen) atoms. The second-order valence-electron chi connectivity index (χ2n) is 4.75. The smallest absolute Gasteiger partial charge is 0.303 e. The lowest BCUT2D eigenvalue weighted by atomic mass is 10.1. The largest absolute Gasteiger partial charge is 0.481 e. The molecule has 0 aliphatic carbocycles. The van der Waals surface area contributed by atoms with Crippen LogP contribution >= 0.6 is 0 Å². The maximum absolute atomic E-state index is 11.9. The Morgan fingerprint density at radius 1 is 1.43 bits per heavy atom. The van der Waals surface area contributed by atoms with Crippen molar-refractivity contribution in [2.24, 2.45) is 0 Å². The fourth-order valence-corrected chi connectivity index (χ4v) is 2.28. The molecule has 0 aliphatic heterocycles. The highest BCUT2D eigenvalue weighted by molar-refractivity contribution is 7.88. The number of carbonyl (C=O) groups excluding carboxylic acids is 1. The number of rotatable bonds is 7. The maximum atomic E-state index is 11.9. The molecule has 0 radical (unpaired) electrons. The molecule has 118 valence electrons. The molecule has 0 aliphatic rings. The zero-order valence-corrected chi connectivity index (χ0v) is 12.8. The zero-order valence-electron chi connectivity index (χ0n) is 12.0. The van der Waals surface area contributed by atoms with Crippen LogP contribution in [0.3, 0.4) is 0 Å². The molecular formula is C12H18N2O6S. The van der Waals surface area contributed by atoms with Crippen LogP contribution in [0.5, 0.6) is 0 Å². The van der Waals surface area contributed by atoms with Crippen molar-refractivity contribution in [3.05, 3.63) is 17.9 Å². The summed E-state index contributed by atoms with van der Waals surface area (Å²) in [4.78, 5) is 22.3. The summed E-state index contributed by atoms with van der Waals surface area (Å²) in [6.07, 6.45) is 1.27. The molecule has 0 bridgehead atoms. The third kappa shape index (κ3) is 4.57. The van der Waals surface area contributed by atoms with Gasteiger partial charge in [-0.3, -0.25) is 9.59 Å². The Bertz CT molecular complexity index is 619. The first-order valence-electron chi connectivity index (χ1n) is 6.18. The van der Waals surface area contributed by atoms with Crippen molar-refractivity contribution in [2.75, 3.05) is 14.1 Å². The summed E-state index contributed by atoms with van der Waals surface area (Å²) in [7, 11) is -1.03. The molecule has 1 aromatic rings. The minimum absolute atomic E-state index is 0.0624. The summed E-state index contributed by atoms with van der Waals surface area (Å²) in [5.74, 6) is -1.46. The van der Waals surface area contributed by atoms with E-state index in [1.807, 2.05) is 0 Å². The second-order valence-corrected chi connectivity index (χ2v) is 6.83. The van der Waals surface area contributed by atoms with Gasteiger partial charge >= 0.3 is 5.97 Å². The average Bonchev–Trinajstić information content (AvgIpc) is 2.86. The van der Waals surface area contributed by atoms with Gasteiger partial charge in [-0.05, 0) is 13.3 Å². The van der Waals surface area contributed by atoms with E-state index in [-0.39, 0.29) is 29.5 Å². The summed E-state index contributed by atoms with van der Waals surface area (Å²) < 4.78 is 29.5. The molecule has 0 spiro atoms. The Morgan fingerprint density at radius 3 is 2.57 bits per heavy atom. The van der Waals surface area contributed by atoms with Crippen LogP contribution in [0.2, 0.25) is 0 Å². The third-order valence-electron chi connectivity index (χ3n) is 2.74. The van der Waals surface area contributed by atoms with Crippen LogP contribution in [0, 0.1) is 0 Å². The number of aliphatic carboxylic acids is 1. The number of carboxylic acids is 1. The van der Waals surface area contributed by atoms with Gasteiger partial charge in [0.15, 0.2) is 0 Å². The average molecular weight is 318 g/mol. The molecule has 1 amide bonds. The van der Waals surface area contributed by atoms with Gasteiger partial charge in [0, 0.05) is 32.6 Å². The van der Waals surface area contributed by atoms with Gasteiger partial charge in [0.05, 0.1) is 5.56 Å². The number of furan rings is 1. The summed E-state index contributed by atoms with van der Waals surface area (Å²) in [6.45, 7) is 1.67. The van der Waals surface area contributed by atoms with Crippen molar-refractivity contribution in [2.45, 2.75) is 30.9 Å². The summed E-state index contributed by atoms with van der Waals surface area (Å²) >= 11 is 0. The van der Waals surface area contributed by atoms with Gasteiger partial charge in [-0.15, -0.1) is 0 Å². The maximum Gasteiger partial charge on any atom is 0.303 e. The number of hydrogen-bond donors (Lipinski definition) is 2. The Hall–Kier alpha value is -1.87. The fourth-order valence-electron chi connectivity index (χ4n) is 1.47. The zero-order chi connectivity index (χ0) is 16.2. The van der Waals surface area contributed by atoms with Crippen molar-refractivity contribution in [3.8, 4) is 0 Å². The third-order valence-corrected chi connectivity index (χ3v) is 4.43. The SMILES string of the molecule is CC(CCC(=O)O)NC(=O)c1coc(S(=O)(=O)N(C)C)c1. The van der Waals surface area contributed by atoms with E-state index >= 15 is 0 Å². The van der Waals surface area contributed by atoms with Crippen LogP contribution in [0.1, 0.15) is 30.1 Å². The number of nitrogens with one attached hydrogen (secondary N) is 1. The quantitative estimate of drug-likeness (QED) is 0.756. The van der Waals surface area contributed by atoms with Crippen molar-refractivity contribution in [1.29, 1.82) is 0 Å². The predicted molar refractivity (Wildman–Crippen MR) is 73.4 cm³/mol. The van der Waals surface area contributed by atoms with E-state index in [1.165, 1.54) is 14.1 Å². The predicted octanol–water partition coefficient (Wildman–Crippen LogP) is 0.513.